The van der Waals surface area contributed by atoms with Crippen LogP contribution in [0.5, 0.6) is 0 Å². The van der Waals surface area contributed by atoms with Crippen LogP contribution in [0.1, 0.15) is 37.7 Å². The highest BCUT2D eigenvalue weighted by Crippen LogP contribution is 2.31. The van der Waals surface area contributed by atoms with E-state index >= 15 is 0 Å². The summed E-state index contributed by atoms with van der Waals surface area (Å²) in [5.74, 6) is -2.46. The zero-order valence-corrected chi connectivity index (χ0v) is 11.7. The molecule has 4 heteroatoms. The lowest BCUT2D eigenvalue weighted by Crippen LogP contribution is -2.19. The second-order valence-corrected chi connectivity index (χ2v) is 5.37. The molecule has 0 saturated heterocycles. The number of likely N-dealkylation sites (N-methyl/N-ethyl adjacent to an activating group) is 1. The third-order valence-electron chi connectivity index (χ3n) is 3.89. The molecule has 0 spiro atoms. The van der Waals surface area contributed by atoms with Gasteiger partial charge in [0.1, 0.15) is 5.82 Å². The summed E-state index contributed by atoms with van der Waals surface area (Å²) in [5.41, 5.74) is 1.19. The van der Waals surface area contributed by atoms with Gasteiger partial charge in [0.2, 0.25) is 0 Å². The number of benzene rings is 1. The standard InChI is InChI=1S/C16H20F3N/c1-20-10-13(11-5-3-2-4-6-11)7-12-8-15(18)16(19)9-14(12)17/h7-9,11,20H,2-6,10H2,1H3/b13-7-. The first-order chi connectivity index (χ1) is 9.61. The molecule has 0 radical (unpaired) electrons. The summed E-state index contributed by atoms with van der Waals surface area (Å²) in [7, 11) is 1.83. The monoisotopic (exact) mass is 283 g/mol. The van der Waals surface area contributed by atoms with Gasteiger partial charge in [-0.25, -0.2) is 13.2 Å². The van der Waals surface area contributed by atoms with Crippen LogP contribution < -0.4 is 5.32 Å². The molecule has 2 rings (SSSR count). The molecule has 0 bridgehead atoms. The second-order valence-electron chi connectivity index (χ2n) is 5.37. The zero-order chi connectivity index (χ0) is 14.5. The summed E-state index contributed by atoms with van der Waals surface area (Å²) in [6, 6.07) is 1.54. The Hall–Kier alpha value is -1.29. The molecule has 0 amide bonds. The highest BCUT2D eigenvalue weighted by Gasteiger charge is 2.18. The number of rotatable bonds is 4. The van der Waals surface area contributed by atoms with Crippen LogP contribution in [0.25, 0.3) is 6.08 Å². The van der Waals surface area contributed by atoms with E-state index in [9.17, 15) is 13.2 Å². The quantitative estimate of drug-likeness (QED) is 0.813. The molecule has 1 aromatic carbocycles. The van der Waals surface area contributed by atoms with Crippen molar-refractivity contribution in [3.8, 4) is 0 Å². The summed E-state index contributed by atoms with van der Waals surface area (Å²) >= 11 is 0. The number of halogens is 3. The van der Waals surface area contributed by atoms with E-state index in [1.54, 1.807) is 6.08 Å². The van der Waals surface area contributed by atoms with Crippen molar-refractivity contribution in [3.63, 3.8) is 0 Å². The fourth-order valence-electron chi connectivity index (χ4n) is 2.84. The van der Waals surface area contributed by atoms with Crippen molar-refractivity contribution in [1.82, 2.24) is 5.32 Å². The van der Waals surface area contributed by atoms with Crippen LogP contribution in [0, 0.1) is 23.4 Å². The number of hydrogen-bond donors (Lipinski definition) is 1. The van der Waals surface area contributed by atoms with Gasteiger partial charge < -0.3 is 5.32 Å². The predicted molar refractivity (Wildman–Crippen MR) is 74.8 cm³/mol. The van der Waals surface area contributed by atoms with Crippen LogP contribution in [-0.4, -0.2) is 13.6 Å². The maximum Gasteiger partial charge on any atom is 0.161 e. The highest BCUT2D eigenvalue weighted by atomic mass is 19.2. The first-order valence-electron chi connectivity index (χ1n) is 7.11. The fourth-order valence-corrected chi connectivity index (χ4v) is 2.84. The van der Waals surface area contributed by atoms with Gasteiger partial charge in [-0.05, 0) is 31.9 Å². The van der Waals surface area contributed by atoms with E-state index in [-0.39, 0.29) is 5.56 Å². The van der Waals surface area contributed by atoms with Crippen molar-refractivity contribution >= 4 is 6.08 Å². The third kappa shape index (κ3) is 3.63. The lowest BCUT2D eigenvalue weighted by atomic mass is 9.83. The van der Waals surface area contributed by atoms with Gasteiger partial charge in [0.15, 0.2) is 11.6 Å². The maximum atomic E-state index is 13.7. The molecule has 1 fully saturated rings. The van der Waals surface area contributed by atoms with Crippen molar-refractivity contribution < 1.29 is 13.2 Å². The molecule has 0 aliphatic heterocycles. The van der Waals surface area contributed by atoms with Gasteiger partial charge in [0, 0.05) is 18.2 Å². The molecule has 1 aliphatic carbocycles. The Labute approximate surface area is 117 Å². The topological polar surface area (TPSA) is 12.0 Å². The van der Waals surface area contributed by atoms with Crippen molar-refractivity contribution in [2.75, 3.05) is 13.6 Å². The summed E-state index contributed by atoms with van der Waals surface area (Å²) < 4.78 is 39.9. The molecular formula is C16H20F3N. The van der Waals surface area contributed by atoms with Crippen LogP contribution in [-0.2, 0) is 0 Å². The minimum absolute atomic E-state index is 0.125. The second kappa shape index (κ2) is 6.93. The van der Waals surface area contributed by atoms with Gasteiger partial charge >= 0.3 is 0 Å². The van der Waals surface area contributed by atoms with Crippen molar-refractivity contribution in [2.24, 2.45) is 5.92 Å². The molecule has 1 saturated carbocycles. The van der Waals surface area contributed by atoms with Crippen LogP contribution in [0.4, 0.5) is 13.2 Å². The Balaban J connectivity index is 2.30. The summed E-state index contributed by atoms with van der Waals surface area (Å²) in [6.07, 6.45) is 7.42. The number of nitrogens with one attached hydrogen (secondary N) is 1. The van der Waals surface area contributed by atoms with Crippen LogP contribution in [0.2, 0.25) is 0 Å². The van der Waals surface area contributed by atoms with Crippen molar-refractivity contribution in [1.29, 1.82) is 0 Å². The summed E-state index contributed by atoms with van der Waals surface area (Å²) in [4.78, 5) is 0. The van der Waals surface area contributed by atoms with E-state index in [2.05, 4.69) is 5.32 Å². The van der Waals surface area contributed by atoms with Crippen LogP contribution >= 0.6 is 0 Å². The van der Waals surface area contributed by atoms with E-state index < -0.39 is 17.5 Å². The molecule has 1 nitrogen and oxygen atoms in total. The Morgan fingerprint density at radius 3 is 2.40 bits per heavy atom. The third-order valence-corrected chi connectivity index (χ3v) is 3.89. The molecular weight excluding hydrogens is 263 g/mol. The minimum atomic E-state index is -1.15. The van der Waals surface area contributed by atoms with Gasteiger partial charge in [0.25, 0.3) is 0 Å². The zero-order valence-electron chi connectivity index (χ0n) is 11.7. The fraction of sp³-hybridized carbons (Fsp3) is 0.500. The van der Waals surface area contributed by atoms with Gasteiger partial charge in [-0.15, -0.1) is 0 Å². The number of hydrogen-bond acceptors (Lipinski definition) is 1. The van der Waals surface area contributed by atoms with Crippen LogP contribution in [0.15, 0.2) is 17.7 Å². The average Bonchev–Trinajstić information content (AvgIpc) is 2.45. The SMILES string of the molecule is CNC/C(=C/c1cc(F)c(F)cc1F)C1CCCCC1. The minimum Gasteiger partial charge on any atom is -0.316 e. The van der Waals surface area contributed by atoms with E-state index in [0.717, 1.165) is 24.5 Å². The lowest BCUT2D eigenvalue weighted by molar-refractivity contribution is 0.398. The summed E-state index contributed by atoms with van der Waals surface area (Å²) in [5, 5.41) is 3.07. The molecule has 0 unspecified atom stereocenters. The molecule has 0 atom stereocenters. The average molecular weight is 283 g/mol. The normalized spacial score (nSPS) is 17.5. The first-order valence-corrected chi connectivity index (χ1v) is 7.11. The lowest BCUT2D eigenvalue weighted by Gasteiger charge is -2.24. The largest absolute Gasteiger partial charge is 0.316 e. The van der Waals surface area contributed by atoms with Gasteiger partial charge in [0.05, 0.1) is 0 Å². The van der Waals surface area contributed by atoms with Crippen LogP contribution in [0.3, 0.4) is 0 Å². The van der Waals surface area contributed by atoms with Gasteiger partial charge in [-0.1, -0.05) is 30.9 Å². The Kier molecular flexibility index (Phi) is 5.24. The van der Waals surface area contributed by atoms with Gasteiger partial charge in [-0.2, -0.15) is 0 Å². The van der Waals surface area contributed by atoms with Crippen molar-refractivity contribution in [3.05, 3.63) is 40.7 Å². The van der Waals surface area contributed by atoms with E-state index in [1.807, 2.05) is 7.05 Å². The Morgan fingerprint density at radius 1 is 1.10 bits per heavy atom. The molecule has 1 aromatic rings. The smallest absolute Gasteiger partial charge is 0.161 e. The molecule has 0 aromatic heterocycles. The molecule has 1 N–H and O–H groups in total. The Morgan fingerprint density at radius 2 is 1.75 bits per heavy atom. The highest BCUT2D eigenvalue weighted by molar-refractivity contribution is 5.54. The van der Waals surface area contributed by atoms with E-state index in [1.165, 1.54) is 19.3 Å². The van der Waals surface area contributed by atoms with Crippen molar-refractivity contribution in [2.45, 2.75) is 32.1 Å². The van der Waals surface area contributed by atoms with Gasteiger partial charge in [-0.3, -0.25) is 0 Å². The first kappa shape index (κ1) is 15.1. The molecule has 1 aliphatic rings. The predicted octanol–water partition coefficient (Wildman–Crippen LogP) is 4.29. The summed E-state index contributed by atoms with van der Waals surface area (Å²) in [6.45, 7) is 0.642. The Bertz CT molecular complexity index is 491. The molecule has 20 heavy (non-hydrogen) atoms. The molecule has 110 valence electrons. The maximum absolute atomic E-state index is 13.7. The molecule has 0 heterocycles. The van der Waals surface area contributed by atoms with E-state index in [4.69, 9.17) is 0 Å². The van der Waals surface area contributed by atoms with E-state index in [0.29, 0.717) is 18.5 Å².